The van der Waals surface area contributed by atoms with Gasteiger partial charge in [-0.2, -0.15) is 0 Å². The fourth-order valence-electron chi connectivity index (χ4n) is 2.79. The van der Waals surface area contributed by atoms with E-state index in [1.807, 2.05) is 0 Å². The van der Waals surface area contributed by atoms with Gasteiger partial charge in [0.2, 0.25) is 0 Å². The summed E-state index contributed by atoms with van der Waals surface area (Å²) >= 11 is 0. The fourth-order valence-corrected chi connectivity index (χ4v) is 2.79. The van der Waals surface area contributed by atoms with Crippen LogP contribution in [0.4, 0.5) is 0 Å². The number of rotatable bonds is 6. The second-order valence-electron chi connectivity index (χ2n) is 5.65. The van der Waals surface area contributed by atoms with Gasteiger partial charge in [-0.05, 0) is 30.9 Å². The van der Waals surface area contributed by atoms with Crippen molar-refractivity contribution in [3.05, 3.63) is 23.7 Å². The largest absolute Gasteiger partial charge is 0.478 e. The van der Waals surface area contributed by atoms with Crippen LogP contribution in [0.5, 0.6) is 0 Å². The Morgan fingerprint density at radius 2 is 2.16 bits per heavy atom. The second kappa shape index (κ2) is 6.75. The van der Waals surface area contributed by atoms with Crippen molar-refractivity contribution in [3.63, 3.8) is 0 Å². The highest BCUT2D eigenvalue weighted by Crippen LogP contribution is 2.29. The molecule has 0 bridgehead atoms. The summed E-state index contributed by atoms with van der Waals surface area (Å²) in [6.45, 7) is 3.76. The Morgan fingerprint density at radius 1 is 1.42 bits per heavy atom. The van der Waals surface area contributed by atoms with E-state index in [0.29, 0.717) is 12.3 Å². The van der Waals surface area contributed by atoms with Crippen molar-refractivity contribution < 1.29 is 14.3 Å². The van der Waals surface area contributed by atoms with Gasteiger partial charge < -0.3 is 14.8 Å². The first kappa shape index (κ1) is 14.1. The smallest absolute Gasteiger partial charge is 0.339 e. The van der Waals surface area contributed by atoms with Crippen molar-refractivity contribution in [3.8, 4) is 0 Å². The van der Waals surface area contributed by atoms with Gasteiger partial charge in [-0.1, -0.05) is 32.6 Å². The normalized spacial score (nSPS) is 23.4. The lowest BCUT2D eigenvalue weighted by Crippen LogP contribution is -2.21. The number of hydrogen-bond donors (Lipinski definition) is 2. The summed E-state index contributed by atoms with van der Waals surface area (Å²) in [6, 6.07) is 1.50. The van der Waals surface area contributed by atoms with Gasteiger partial charge in [0.15, 0.2) is 0 Å². The molecule has 2 rings (SSSR count). The average molecular weight is 265 g/mol. The zero-order valence-corrected chi connectivity index (χ0v) is 11.5. The quantitative estimate of drug-likeness (QED) is 0.775. The maximum Gasteiger partial charge on any atom is 0.339 e. The maximum atomic E-state index is 10.9. The first-order valence-electron chi connectivity index (χ1n) is 7.17. The molecule has 1 aliphatic carbocycles. The van der Waals surface area contributed by atoms with E-state index in [4.69, 9.17) is 9.52 Å². The van der Waals surface area contributed by atoms with Crippen LogP contribution in [0.2, 0.25) is 0 Å². The van der Waals surface area contributed by atoms with Crippen LogP contribution in [0.3, 0.4) is 0 Å². The fraction of sp³-hybridized carbons (Fsp3) is 0.667. The number of aromatic carboxylic acids is 1. The summed E-state index contributed by atoms with van der Waals surface area (Å²) in [6.07, 6.45) is 7.99. The van der Waals surface area contributed by atoms with Crippen LogP contribution in [-0.2, 0) is 6.54 Å². The lowest BCUT2D eigenvalue weighted by molar-refractivity contribution is 0.0694. The summed E-state index contributed by atoms with van der Waals surface area (Å²) in [5.74, 6) is 1.32. The Bertz CT molecular complexity index is 405. The third-order valence-electron chi connectivity index (χ3n) is 4.13. The molecule has 4 heteroatoms. The number of carboxylic acid groups (broad SMARTS) is 1. The lowest BCUT2D eigenvalue weighted by Gasteiger charge is -2.26. The van der Waals surface area contributed by atoms with Gasteiger partial charge in [-0.15, -0.1) is 0 Å². The molecular formula is C15H23NO3. The molecule has 0 spiro atoms. The van der Waals surface area contributed by atoms with Crippen molar-refractivity contribution in [2.75, 3.05) is 6.54 Å². The summed E-state index contributed by atoms with van der Waals surface area (Å²) in [5.41, 5.74) is 0.263. The van der Waals surface area contributed by atoms with Crippen molar-refractivity contribution >= 4 is 5.97 Å². The minimum Gasteiger partial charge on any atom is -0.478 e. The molecule has 1 aromatic heterocycles. The Balaban J connectivity index is 1.66. The predicted molar refractivity (Wildman–Crippen MR) is 73.1 cm³/mol. The molecule has 0 aromatic carbocycles. The first-order chi connectivity index (χ1) is 9.16. The lowest BCUT2D eigenvalue weighted by atomic mass is 9.81. The van der Waals surface area contributed by atoms with Crippen LogP contribution in [0.1, 0.15) is 55.1 Å². The molecule has 1 saturated carbocycles. The van der Waals surface area contributed by atoms with Gasteiger partial charge in [-0.25, -0.2) is 4.79 Å². The number of carboxylic acids is 1. The van der Waals surface area contributed by atoms with E-state index in [1.54, 1.807) is 0 Å². The molecule has 0 amide bonds. The molecule has 1 fully saturated rings. The standard InChI is InChI=1S/C15H23NO3/c1-11-2-4-12(5-3-11)6-8-16-10-14-13(15(17)18)7-9-19-14/h7,9,11-12,16H,2-6,8,10H2,1H3,(H,17,18). The molecule has 106 valence electrons. The Labute approximate surface area is 114 Å². The highest BCUT2D eigenvalue weighted by molar-refractivity contribution is 5.88. The van der Waals surface area contributed by atoms with Crippen LogP contribution in [0.25, 0.3) is 0 Å². The number of furan rings is 1. The molecule has 1 heterocycles. The van der Waals surface area contributed by atoms with Crippen LogP contribution in [0, 0.1) is 11.8 Å². The van der Waals surface area contributed by atoms with Crippen molar-refractivity contribution in [1.29, 1.82) is 0 Å². The SMILES string of the molecule is CC1CCC(CCNCc2occc2C(=O)O)CC1. The van der Waals surface area contributed by atoms with Gasteiger partial charge in [0, 0.05) is 0 Å². The molecule has 0 radical (unpaired) electrons. The highest BCUT2D eigenvalue weighted by Gasteiger charge is 2.18. The van der Waals surface area contributed by atoms with E-state index in [9.17, 15) is 4.79 Å². The second-order valence-corrected chi connectivity index (χ2v) is 5.65. The highest BCUT2D eigenvalue weighted by atomic mass is 16.4. The zero-order valence-electron chi connectivity index (χ0n) is 11.5. The van der Waals surface area contributed by atoms with Gasteiger partial charge in [0.25, 0.3) is 0 Å². The van der Waals surface area contributed by atoms with E-state index in [0.717, 1.165) is 18.4 Å². The topological polar surface area (TPSA) is 62.5 Å². The molecule has 0 unspecified atom stereocenters. The summed E-state index contributed by atoms with van der Waals surface area (Å²) < 4.78 is 5.19. The third kappa shape index (κ3) is 4.10. The average Bonchev–Trinajstić information content (AvgIpc) is 2.85. The van der Waals surface area contributed by atoms with E-state index in [2.05, 4.69) is 12.2 Å². The van der Waals surface area contributed by atoms with Crippen molar-refractivity contribution in [2.24, 2.45) is 11.8 Å². The molecule has 4 nitrogen and oxygen atoms in total. The minimum absolute atomic E-state index is 0.263. The van der Waals surface area contributed by atoms with Crippen LogP contribution >= 0.6 is 0 Å². The summed E-state index contributed by atoms with van der Waals surface area (Å²) in [5, 5.41) is 12.2. The first-order valence-corrected chi connectivity index (χ1v) is 7.17. The molecule has 1 aliphatic rings. The maximum absolute atomic E-state index is 10.9. The molecule has 2 N–H and O–H groups in total. The minimum atomic E-state index is -0.924. The number of hydrogen-bond acceptors (Lipinski definition) is 3. The Morgan fingerprint density at radius 3 is 2.84 bits per heavy atom. The summed E-state index contributed by atoms with van der Waals surface area (Å²) in [7, 11) is 0. The predicted octanol–water partition coefficient (Wildman–Crippen LogP) is 3.28. The van der Waals surface area contributed by atoms with Gasteiger partial charge in [0.05, 0.1) is 12.8 Å². The Hall–Kier alpha value is -1.29. The van der Waals surface area contributed by atoms with Gasteiger partial charge in [-0.3, -0.25) is 0 Å². The third-order valence-corrected chi connectivity index (χ3v) is 4.13. The molecule has 0 atom stereocenters. The van der Waals surface area contributed by atoms with Gasteiger partial charge in [0.1, 0.15) is 11.3 Å². The van der Waals surface area contributed by atoms with E-state index in [-0.39, 0.29) is 5.56 Å². The molecule has 0 aliphatic heterocycles. The monoisotopic (exact) mass is 265 g/mol. The molecular weight excluding hydrogens is 242 g/mol. The van der Waals surface area contributed by atoms with Crippen LogP contribution < -0.4 is 5.32 Å². The number of nitrogens with one attached hydrogen (secondary N) is 1. The summed E-state index contributed by atoms with van der Waals surface area (Å²) in [4.78, 5) is 10.9. The number of carbonyl (C=O) groups is 1. The van der Waals surface area contributed by atoms with E-state index in [1.165, 1.54) is 44.4 Å². The van der Waals surface area contributed by atoms with E-state index >= 15 is 0 Å². The Kier molecular flexibility index (Phi) is 5.02. The molecule has 1 aromatic rings. The van der Waals surface area contributed by atoms with Crippen molar-refractivity contribution in [1.82, 2.24) is 5.32 Å². The van der Waals surface area contributed by atoms with E-state index < -0.39 is 5.97 Å². The molecule has 19 heavy (non-hydrogen) atoms. The molecule has 0 saturated heterocycles. The van der Waals surface area contributed by atoms with Crippen LogP contribution in [0.15, 0.2) is 16.7 Å². The van der Waals surface area contributed by atoms with Crippen LogP contribution in [-0.4, -0.2) is 17.6 Å². The zero-order chi connectivity index (χ0) is 13.7. The van der Waals surface area contributed by atoms with Gasteiger partial charge >= 0.3 is 5.97 Å². The van der Waals surface area contributed by atoms with Crippen molar-refractivity contribution in [2.45, 2.75) is 45.6 Å².